The standard InChI is InChI=1S/C15H19NO4/c1-11(17)14-8-13(19-2)9-16(14)15(18)20-10-12-6-4-3-5-7-12/h3-7,13-14H,8-10H2,1-2H3. The normalized spacial score (nSPS) is 21.8. The van der Waals surface area contributed by atoms with E-state index < -0.39 is 12.1 Å². The molecule has 1 aliphatic rings. The van der Waals surface area contributed by atoms with E-state index in [1.54, 1.807) is 7.11 Å². The third kappa shape index (κ3) is 3.36. The van der Waals surface area contributed by atoms with E-state index in [2.05, 4.69) is 0 Å². The van der Waals surface area contributed by atoms with Gasteiger partial charge in [-0.15, -0.1) is 0 Å². The number of hydrogen-bond donors (Lipinski definition) is 0. The second-order valence-electron chi connectivity index (χ2n) is 4.91. The van der Waals surface area contributed by atoms with Gasteiger partial charge in [0.1, 0.15) is 6.61 Å². The second kappa shape index (κ2) is 6.52. The average molecular weight is 277 g/mol. The maximum Gasteiger partial charge on any atom is 0.410 e. The van der Waals surface area contributed by atoms with Gasteiger partial charge in [-0.25, -0.2) is 4.79 Å². The summed E-state index contributed by atoms with van der Waals surface area (Å²) in [5.74, 6) is -0.0405. The summed E-state index contributed by atoms with van der Waals surface area (Å²) in [5, 5.41) is 0. The lowest BCUT2D eigenvalue weighted by Crippen LogP contribution is -2.40. The molecule has 20 heavy (non-hydrogen) atoms. The van der Waals surface area contributed by atoms with E-state index in [9.17, 15) is 9.59 Å². The highest BCUT2D eigenvalue weighted by Crippen LogP contribution is 2.22. The van der Waals surface area contributed by atoms with E-state index in [-0.39, 0.29) is 18.5 Å². The molecule has 1 heterocycles. The van der Waals surface area contributed by atoms with Gasteiger partial charge in [0.15, 0.2) is 5.78 Å². The Balaban J connectivity index is 1.95. The Morgan fingerprint density at radius 1 is 1.30 bits per heavy atom. The molecule has 0 N–H and O–H groups in total. The Kier molecular flexibility index (Phi) is 4.74. The summed E-state index contributed by atoms with van der Waals surface area (Å²) in [6.07, 6.45) is -0.0338. The smallest absolute Gasteiger partial charge is 0.410 e. The van der Waals surface area contributed by atoms with Crippen LogP contribution in [0.4, 0.5) is 4.79 Å². The average Bonchev–Trinajstić information content (AvgIpc) is 2.90. The Hall–Kier alpha value is -1.88. The van der Waals surface area contributed by atoms with Gasteiger partial charge in [-0.1, -0.05) is 30.3 Å². The minimum atomic E-state index is -0.464. The van der Waals surface area contributed by atoms with E-state index in [1.807, 2.05) is 30.3 Å². The molecule has 5 heteroatoms. The summed E-state index contributed by atoms with van der Waals surface area (Å²) in [4.78, 5) is 25.1. The Labute approximate surface area is 118 Å². The van der Waals surface area contributed by atoms with E-state index in [4.69, 9.17) is 9.47 Å². The van der Waals surface area contributed by atoms with Crippen molar-refractivity contribution in [3.8, 4) is 0 Å². The predicted octanol–water partition coefficient (Wildman–Crippen LogP) is 2.00. The second-order valence-corrected chi connectivity index (χ2v) is 4.91. The third-order valence-electron chi connectivity index (χ3n) is 3.50. The number of hydrogen-bond acceptors (Lipinski definition) is 4. The van der Waals surface area contributed by atoms with Gasteiger partial charge in [0.2, 0.25) is 0 Å². The highest BCUT2D eigenvalue weighted by Gasteiger charge is 2.38. The van der Waals surface area contributed by atoms with Gasteiger partial charge in [0.25, 0.3) is 0 Å². The summed E-state index contributed by atoms with van der Waals surface area (Å²) >= 11 is 0. The number of likely N-dealkylation sites (tertiary alicyclic amines) is 1. The molecule has 1 aliphatic heterocycles. The van der Waals surface area contributed by atoms with Crippen molar-refractivity contribution in [3.05, 3.63) is 35.9 Å². The zero-order chi connectivity index (χ0) is 14.5. The van der Waals surface area contributed by atoms with Gasteiger partial charge in [0.05, 0.1) is 18.7 Å². The van der Waals surface area contributed by atoms with Crippen LogP contribution in [0.25, 0.3) is 0 Å². The summed E-state index contributed by atoms with van der Waals surface area (Å²) in [6, 6.07) is 9.01. The van der Waals surface area contributed by atoms with Crippen LogP contribution in [-0.4, -0.2) is 42.6 Å². The molecule has 2 atom stereocenters. The van der Waals surface area contributed by atoms with Crippen molar-refractivity contribution in [2.24, 2.45) is 0 Å². The first-order valence-corrected chi connectivity index (χ1v) is 6.62. The quantitative estimate of drug-likeness (QED) is 0.844. The Bertz CT molecular complexity index is 474. The van der Waals surface area contributed by atoms with Crippen molar-refractivity contribution in [1.29, 1.82) is 0 Å². The topological polar surface area (TPSA) is 55.8 Å². The minimum Gasteiger partial charge on any atom is -0.445 e. The SMILES string of the molecule is COC1CC(C(C)=O)N(C(=O)OCc2ccccc2)C1. The van der Waals surface area contributed by atoms with Crippen LogP contribution in [0, 0.1) is 0 Å². The molecule has 2 rings (SSSR count). The zero-order valence-corrected chi connectivity index (χ0v) is 11.7. The van der Waals surface area contributed by atoms with E-state index in [0.717, 1.165) is 5.56 Å². The van der Waals surface area contributed by atoms with Crippen molar-refractivity contribution >= 4 is 11.9 Å². The largest absolute Gasteiger partial charge is 0.445 e. The minimum absolute atomic E-state index is 0.0405. The molecule has 1 amide bonds. The first-order chi connectivity index (χ1) is 9.61. The van der Waals surface area contributed by atoms with Gasteiger partial charge < -0.3 is 9.47 Å². The number of carbonyl (C=O) groups excluding carboxylic acids is 2. The molecule has 2 unspecified atom stereocenters. The summed E-state index contributed by atoms with van der Waals surface area (Å²) in [6.45, 7) is 2.09. The van der Waals surface area contributed by atoms with Gasteiger partial charge >= 0.3 is 6.09 Å². The number of benzene rings is 1. The Morgan fingerprint density at radius 3 is 2.60 bits per heavy atom. The van der Waals surface area contributed by atoms with Crippen LogP contribution >= 0.6 is 0 Å². The summed E-state index contributed by atoms with van der Waals surface area (Å²) < 4.78 is 10.5. The fourth-order valence-corrected chi connectivity index (χ4v) is 2.36. The Morgan fingerprint density at radius 2 is 2.00 bits per heavy atom. The van der Waals surface area contributed by atoms with Crippen molar-refractivity contribution < 1.29 is 19.1 Å². The summed E-state index contributed by atoms with van der Waals surface area (Å²) in [5.41, 5.74) is 0.919. The first kappa shape index (κ1) is 14.5. The highest BCUT2D eigenvalue weighted by molar-refractivity contribution is 5.86. The predicted molar refractivity (Wildman–Crippen MR) is 73.2 cm³/mol. The van der Waals surface area contributed by atoms with Crippen LogP contribution in [0.5, 0.6) is 0 Å². The third-order valence-corrected chi connectivity index (χ3v) is 3.50. The molecule has 0 bridgehead atoms. The van der Waals surface area contributed by atoms with E-state index >= 15 is 0 Å². The first-order valence-electron chi connectivity index (χ1n) is 6.62. The fraction of sp³-hybridized carbons (Fsp3) is 0.467. The highest BCUT2D eigenvalue weighted by atomic mass is 16.6. The summed E-state index contributed by atoms with van der Waals surface area (Å²) in [7, 11) is 1.58. The fourth-order valence-electron chi connectivity index (χ4n) is 2.36. The number of rotatable bonds is 4. The van der Waals surface area contributed by atoms with Crippen molar-refractivity contribution in [1.82, 2.24) is 4.90 Å². The van der Waals surface area contributed by atoms with Gasteiger partial charge in [-0.05, 0) is 12.5 Å². The molecule has 0 aliphatic carbocycles. The molecule has 0 saturated carbocycles. The van der Waals surface area contributed by atoms with Gasteiger partial charge in [-0.3, -0.25) is 9.69 Å². The molecule has 1 aromatic carbocycles. The van der Waals surface area contributed by atoms with Crippen LogP contribution in [0.2, 0.25) is 0 Å². The van der Waals surface area contributed by atoms with Gasteiger partial charge in [-0.2, -0.15) is 0 Å². The van der Waals surface area contributed by atoms with Crippen LogP contribution in [0.1, 0.15) is 18.9 Å². The maximum absolute atomic E-state index is 12.1. The molecule has 0 spiro atoms. The molecule has 0 radical (unpaired) electrons. The van der Waals surface area contributed by atoms with Crippen LogP contribution < -0.4 is 0 Å². The molecular weight excluding hydrogens is 258 g/mol. The van der Waals surface area contributed by atoms with Gasteiger partial charge in [0, 0.05) is 13.5 Å². The molecule has 5 nitrogen and oxygen atoms in total. The number of nitrogens with zero attached hydrogens (tertiary/aromatic N) is 1. The number of ketones is 1. The van der Waals surface area contributed by atoms with E-state index in [1.165, 1.54) is 11.8 Å². The monoisotopic (exact) mass is 277 g/mol. The number of ether oxygens (including phenoxy) is 2. The lowest BCUT2D eigenvalue weighted by molar-refractivity contribution is -0.120. The van der Waals surface area contributed by atoms with Crippen LogP contribution in [-0.2, 0) is 20.9 Å². The van der Waals surface area contributed by atoms with Crippen LogP contribution in [0.3, 0.4) is 0 Å². The van der Waals surface area contributed by atoms with E-state index in [0.29, 0.717) is 13.0 Å². The number of amides is 1. The van der Waals surface area contributed by atoms with Crippen molar-refractivity contribution in [3.63, 3.8) is 0 Å². The lowest BCUT2D eigenvalue weighted by atomic mass is 10.1. The van der Waals surface area contributed by atoms with Crippen molar-refractivity contribution in [2.75, 3.05) is 13.7 Å². The molecule has 1 fully saturated rings. The zero-order valence-electron chi connectivity index (χ0n) is 11.7. The number of Topliss-reactive ketones (excluding diaryl/α,β-unsaturated/α-hetero) is 1. The van der Waals surface area contributed by atoms with Crippen LogP contribution in [0.15, 0.2) is 30.3 Å². The van der Waals surface area contributed by atoms with Crippen molar-refractivity contribution in [2.45, 2.75) is 32.1 Å². The molecule has 1 saturated heterocycles. The maximum atomic E-state index is 12.1. The lowest BCUT2D eigenvalue weighted by Gasteiger charge is -2.21. The molecule has 1 aromatic rings. The molecule has 0 aromatic heterocycles. The molecular formula is C15H19NO4. The molecule has 108 valence electrons. The number of methoxy groups -OCH3 is 1. The number of carbonyl (C=O) groups is 2.